The molecule has 2 aromatic carbocycles. The summed E-state index contributed by atoms with van der Waals surface area (Å²) < 4.78 is 68.7. The van der Waals surface area contributed by atoms with Crippen LogP contribution < -0.4 is 5.32 Å². The van der Waals surface area contributed by atoms with Crippen LogP contribution >= 0.6 is 35.0 Å². The molecule has 0 amide bonds. The molecule has 0 spiro atoms. The van der Waals surface area contributed by atoms with Gasteiger partial charge in [-0.1, -0.05) is 68.1 Å². The predicted octanol–water partition coefficient (Wildman–Crippen LogP) is 9.53. The Hall–Kier alpha value is -3.71. The summed E-state index contributed by atoms with van der Waals surface area (Å²) in [5, 5.41) is 44.2. The molecular formula is C51H62Cl2F3NO11S. The fourth-order valence-electron chi connectivity index (χ4n) is 11.1. The van der Waals surface area contributed by atoms with Gasteiger partial charge in [-0.25, -0.2) is 18.0 Å². The number of aliphatic hydroxyl groups excluding tert-OH is 3. The zero-order valence-corrected chi connectivity index (χ0v) is 41.3. The van der Waals surface area contributed by atoms with Crippen LogP contribution in [0.5, 0.6) is 5.75 Å². The summed E-state index contributed by atoms with van der Waals surface area (Å²) in [6, 6.07) is 12.0. The van der Waals surface area contributed by atoms with Crippen molar-refractivity contribution < 1.29 is 66.6 Å². The fraction of sp³-hybridized carbons (Fsp3) is 0.549. The van der Waals surface area contributed by atoms with Gasteiger partial charge in [-0.2, -0.15) is 0 Å². The Morgan fingerprint density at radius 1 is 1.00 bits per heavy atom. The van der Waals surface area contributed by atoms with Gasteiger partial charge in [-0.05, 0) is 123 Å². The summed E-state index contributed by atoms with van der Waals surface area (Å²) >= 11 is 12.6. The highest BCUT2D eigenvalue weighted by molar-refractivity contribution is 8.13. The lowest BCUT2D eigenvalue weighted by Crippen LogP contribution is -2.70. The zero-order chi connectivity index (χ0) is 50.1. The lowest BCUT2D eigenvalue weighted by Gasteiger charge is -2.63. The van der Waals surface area contributed by atoms with Gasteiger partial charge in [-0.3, -0.25) is 9.59 Å². The Labute approximate surface area is 414 Å². The molecular weight excluding hydrogens is 963 g/mol. The molecule has 0 aliphatic heterocycles. The number of rotatable bonds is 20. The average molecular weight is 1030 g/mol. The van der Waals surface area contributed by atoms with Crippen molar-refractivity contribution in [2.45, 2.75) is 109 Å². The number of hydrogen-bond donors (Lipinski definition) is 5. The van der Waals surface area contributed by atoms with E-state index in [1.165, 1.54) is 43.5 Å². The molecule has 0 saturated heterocycles. The van der Waals surface area contributed by atoms with Gasteiger partial charge in [0.2, 0.25) is 10.9 Å². The molecule has 1 heterocycles. The second-order valence-corrected chi connectivity index (χ2v) is 20.4. The number of phenols is 1. The van der Waals surface area contributed by atoms with Crippen LogP contribution in [-0.2, 0) is 37.0 Å². The first kappa shape index (κ1) is 54.6. The Bertz CT molecular complexity index is 2300. The largest absolute Gasteiger partial charge is 0.508 e. The number of allylic oxidation sites excluding steroid dienone is 4. The number of ketones is 1. The molecule has 18 heteroatoms. The number of aromatic hydroxyl groups is 1. The number of esters is 1. The summed E-state index contributed by atoms with van der Waals surface area (Å²) in [7, 11) is 0. The Balaban J connectivity index is 0.000000230. The smallest absolute Gasteiger partial charge is 0.375 e. The first-order valence-electron chi connectivity index (χ1n) is 23.3. The molecule has 12 nitrogen and oxygen atoms in total. The van der Waals surface area contributed by atoms with Gasteiger partial charge in [0.15, 0.2) is 17.1 Å². The van der Waals surface area contributed by atoms with Gasteiger partial charge in [0.05, 0.1) is 44.9 Å². The number of carbonyl (C=O) groups excluding carboxylic acids is 3. The summed E-state index contributed by atoms with van der Waals surface area (Å²) in [5.74, 6) is -3.94. The van der Waals surface area contributed by atoms with Crippen LogP contribution in [0, 0.1) is 28.6 Å². The van der Waals surface area contributed by atoms with Crippen LogP contribution in [0.25, 0.3) is 0 Å². The molecule has 3 aromatic rings. The van der Waals surface area contributed by atoms with Crippen LogP contribution in [0.15, 0.2) is 83.0 Å². The van der Waals surface area contributed by atoms with Gasteiger partial charge < -0.3 is 44.4 Å². The van der Waals surface area contributed by atoms with Gasteiger partial charge in [0.25, 0.3) is 0 Å². The normalized spacial score (nSPS) is 29.5. The highest BCUT2D eigenvalue weighted by Gasteiger charge is 2.78. The predicted molar refractivity (Wildman–Crippen MR) is 256 cm³/mol. The van der Waals surface area contributed by atoms with E-state index in [1.807, 2.05) is 6.07 Å². The lowest BCUT2D eigenvalue weighted by atomic mass is 9.44. The summed E-state index contributed by atoms with van der Waals surface area (Å²) in [6.07, 6.45) is 4.66. The minimum atomic E-state index is -2.35. The topological polar surface area (TPSA) is 185 Å². The minimum absolute atomic E-state index is 0.00739. The lowest BCUT2D eigenvalue weighted by molar-refractivity contribution is -0.221. The third-order valence-electron chi connectivity index (χ3n) is 14.7. The molecule has 4 aliphatic carbocycles. The Morgan fingerprint density at radius 2 is 1.72 bits per heavy atom. The first-order valence-corrected chi connectivity index (χ1v) is 25.0. The van der Waals surface area contributed by atoms with Crippen molar-refractivity contribution in [3.05, 3.63) is 111 Å². The van der Waals surface area contributed by atoms with Crippen LogP contribution in [0.1, 0.15) is 99.1 Å². The SMILES string of the molecule is C[C@@H]1C[C@H]2C3C[C@H](F)C4=CC(=O)C=C[C@]4(C)[C@@]3(F)[C@@H](O)C[C@]2(C)[C@@]1(OC(=O)c1ccco1)C(=O)SCF.OCc1cc([C@@H](O)CNCCCCCCOCCOCc2c(Cl)cccc2Cl)ccc1O. The second-order valence-electron chi connectivity index (χ2n) is 18.7. The molecule has 1 unspecified atom stereocenters. The van der Waals surface area contributed by atoms with E-state index in [0.29, 0.717) is 65.9 Å². The average Bonchev–Trinajstić information content (AvgIpc) is 3.94. The summed E-state index contributed by atoms with van der Waals surface area (Å²) in [5.41, 5.74) is -5.29. The fourth-order valence-corrected chi connectivity index (χ4v) is 12.4. The van der Waals surface area contributed by atoms with E-state index in [0.717, 1.165) is 43.9 Å². The van der Waals surface area contributed by atoms with Crippen LogP contribution in [0.4, 0.5) is 13.2 Å². The quantitative estimate of drug-likeness (QED) is 0.0533. The number of alkyl halides is 3. The molecule has 3 fully saturated rings. The minimum Gasteiger partial charge on any atom is -0.508 e. The van der Waals surface area contributed by atoms with Crippen molar-refractivity contribution in [1.82, 2.24) is 5.32 Å². The van der Waals surface area contributed by atoms with Crippen molar-refractivity contribution >= 4 is 51.8 Å². The number of carbonyl (C=O) groups is 3. The molecule has 7 rings (SSSR count). The monoisotopic (exact) mass is 1020 g/mol. The van der Waals surface area contributed by atoms with Crippen molar-refractivity contribution in [3.63, 3.8) is 0 Å². The van der Waals surface area contributed by atoms with Gasteiger partial charge >= 0.3 is 5.97 Å². The highest BCUT2D eigenvalue weighted by Crippen LogP contribution is 2.72. The van der Waals surface area contributed by atoms with Crippen molar-refractivity contribution in [1.29, 1.82) is 0 Å². The molecule has 378 valence electrons. The van der Waals surface area contributed by atoms with Crippen LogP contribution in [-0.4, -0.2) is 99.8 Å². The molecule has 0 bridgehead atoms. The van der Waals surface area contributed by atoms with Gasteiger partial charge in [-0.15, -0.1) is 0 Å². The van der Waals surface area contributed by atoms with Crippen molar-refractivity contribution in [2.24, 2.45) is 28.6 Å². The van der Waals surface area contributed by atoms with E-state index in [4.69, 9.17) is 41.8 Å². The van der Waals surface area contributed by atoms with E-state index in [2.05, 4.69) is 5.32 Å². The third kappa shape index (κ3) is 11.2. The Morgan fingerprint density at radius 3 is 2.42 bits per heavy atom. The van der Waals surface area contributed by atoms with E-state index < -0.39 is 81.1 Å². The second kappa shape index (κ2) is 23.7. The number of fused-ring (bicyclic) bond motifs is 5. The molecule has 4 aliphatic rings. The number of nitrogens with one attached hydrogen (secondary N) is 1. The zero-order valence-electron chi connectivity index (χ0n) is 38.9. The van der Waals surface area contributed by atoms with Crippen LogP contribution in [0.3, 0.4) is 0 Å². The number of ether oxygens (including phenoxy) is 3. The third-order valence-corrected chi connectivity index (χ3v) is 16.1. The maximum Gasteiger partial charge on any atom is 0.375 e. The van der Waals surface area contributed by atoms with Gasteiger partial charge in [0, 0.05) is 57.0 Å². The molecule has 69 heavy (non-hydrogen) atoms. The molecule has 5 N–H and O–H groups in total. The van der Waals surface area contributed by atoms with Gasteiger partial charge in [0.1, 0.15) is 17.9 Å². The molecule has 1 aromatic heterocycles. The maximum atomic E-state index is 17.4. The highest BCUT2D eigenvalue weighted by atomic mass is 35.5. The van der Waals surface area contributed by atoms with E-state index >= 15 is 8.78 Å². The number of benzene rings is 2. The molecule has 10 atom stereocenters. The standard InChI is InChI=1S/C27H29F3O6S.C24H33Cl2NO5/c1-14-9-16-17-11-19(29)18-10-15(31)6-7-24(18,2)26(17,30)21(32)12-25(16,3)27(14,23(34)37-13-28)36-22(33)20-5-4-8-35-20;25-21-6-5-7-22(26)20(21)17-32-13-12-31-11-4-2-1-3-10-27-15-24(30)18-8-9-23(29)19(14-18)16-28/h4-8,10,14,16-17,19,21,32H,9,11-13H2,1-3H3;5-9,14,24,27-30H,1-4,10-13,15-17H2/t14-,16+,17?,19+,21+,24+,25+,26+,27+;24-/m10/s1. The molecule has 3 saturated carbocycles. The number of furan rings is 1. The summed E-state index contributed by atoms with van der Waals surface area (Å²) in [6.45, 7) is 7.90. The van der Waals surface area contributed by atoms with E-state index in [-0.39, 0.29) is 43.0 Å². The van der Waals surface area contributed by atoms with E-state index in [9.17, 15) is 39.2 Å². The van der Waals surface area contributed by atoms with Crippen LogP contribution in [0.2, 0.25) is 10.0 Å². The number of thioether (sulfide) groups is 1. The number of unbranched alkanes of at least 4 members (excludes halogenated alkanes) is 3. The van der Waals surface area contributed by atoms with Crippen molar-refractivity contribution in [2.75, 3.05) is 38.9 Å². The first-order chi connectivity index (χ1) is 32.9. The number of halogens is 5. The maximum absolute atomic E-state index is 17.4. The summed E-state index contributed by atoms with van der Waals surface area (Å²) in [4.78, 5) is 38.7. The van der Waals surface area contributed by atoms with E-state index in [1.54, 1.807) is 38.1 Å². The number of hydrogen-bond acceptors (Lipinski definition) is 13. The molecule has 0 radical (unpaired) electrons. The number of aliphatic hydroxyl groups is 3. The van der Waals surface area contributed by atoms with Crippen molar-refractivity contribution in [3.8, 4) is 5.75 Å². The Kier molecular flexibility index (Phi) is 18.7.